The van der Waals surface area contributed by atoms with Gasteiger partial charge in [0.05, 0.1) is 16.1 Å². The molecular weight excluding hydrogens is 335 g/mol. The summed E-state index contributed by atoms with van der Waals surface area (Å²) >= 11 is 8.92. The molecule has 5 heteroatoms. The highest BCUT2D eigenvalue weighted by Crippen LogP contribution is 2.30. The molecule has 0 spiro atoms. The average Bonchev–Trinajstić information content (AvgIpc) is 2.60. The van der Waals surface area contributed by atoms with Crippen molar-refractivity contribution in [1.29, 1.82) is 0 Å². The van der Waals surface area contributed by atoms with Crippen molar-refractivity contribution >= 4 is 33.3 Å². The monoisotopic (exact) mass is 344 g/mol. The molecule has 0 amide bonds. The lowest BCUT2D eigenvalue weighted by molar-refractivity contribution is 0.103. The van der Waals surface area contributed by atoms with Gasteiger partial charge in [-0.15, -0.1) is 0 Å². The number of benzene rings is 1. The lowest BCUT2D eigenvalue weighted by Gasteiger charge is -2.05. The van der Waals surface area contributed by atoms with E-state index in [9.17, 15) is 9.18 Å². The van der Waals surface area contributed by atoms with Gasteiger partial charge < -0.3 is 4.42 Å². The van der Waals surface area contributed by atoms with Crippen LogP contribution in [-0.2, 0) is 0 Å². The molecule has 2 rings (SSSR count). The molecule has 1 aromatic heterocycles. The maximum Gasteiger partial charge on any atom is 0.199 e. The van der Waals surface area contributed by atoms with Crippen molar-refractivity contribution in [3.63, 3.8) is 0 Å². The molecule has 0 fully saturated rings. The molecule has 1 aromatic carbocycles. The third-order valence-corrected chi connectivity index (χ3v) is 4.33. The second kappa shape index (κ2) is 5.10. The van der Waals surface area contributed by atoms with Crippen molar-refractivity contribution in [3.05, 3.63) is 55.7 Å². The van der Waals surface area contributed by atoms with Crippen LogP contribution in [0.2, 0.25) is 5.02 Å². The lowest BCUT2D eigenvalue weighted by Crippen LogP contribution is -2.07. The molecule has 0 saturated carbocycles. The molecule has 100 valence electrons. The molecule has 0 saturated heterocycles. The molecule has 0 aliphatic carbocycles. The number of carbonyl (C=O) groups excluding carboxylic acids is 1. The molecule has 19 heavy (non-hydrogen) atoms. The summed E-state index contributed by atoms with van der Waals surface area (Å²) in [6, 6.07) is 2.96. The quantitative estimate of drug-likeness (QED) is 0.567. The SMILES string of the molecule is Cc1oc(C)c(C(=O)c2ccc(Br)c(Cl)c2F)c1C. The van der Waals surface area contributed by atoms with Crippen LogP contribution in [-0.4, -0.2) is 5.78 Å². The van der Waals surface area contributed by atoms with E-state index in [1.807, 2.05) is 0 Å². The molecule has 2 nitrogen and oxygen atoms in total. The van der Waals surface area contributed by atoms with Gasteiger partial charge >= 0.3 is 0 Å². The molecule has 2 aromatic rings. The number of carbonyl (C=O) groups is 1. The molecule has 1 heterocycles. The van der Waals surface area contributed by atoms with Gasteiger partial charge in [-0.05, 0) is 48.8 Å². The maximum atomic E-state index is 14.1. The standard InChI is InChI=1S/C14H11BrClFO2/c1-6-7(2)19-8(3)11(6)14(18)9-4-5-10(15)12(16)13(9)17/h4-5H,1-3H3. The van der Waals surface area contributed by atoms with Crippen molar-refractivity contribution in [2.24, 2.45) is 0 Å². The van der Waals surface area contributed by atoms with Crippen LogP contribution < -0.4 is 0 Å². The summed E-state index contributed by atoms with van der Waals surface area (Å²) in [4.78, 5) is 12.4. The van der Waals surface area contributed by atoms with Crippen LogP contribution in [0, 0.1) is 26.6 Å². The number of halogens is 3. The molecule has 0 bridgehead atoms. The molecule has 0 N–H and O–H groups in total. The van der Waals surface area contributed by atoms with E-state index >= 15 is 0 Å². The predicted molar refractivity (Wildman–Crippen MR) is 75.5 cm³/mol. The van der Waals surface area contributed by atoms with E-state index in [1.165, 1.54) is 6.07 Å². The van der Waals surface area contributed by atoms with Gasteiger partial charge in [-0.2, -0.15) is 0 Å². The Labute approximate surface area is 123 Å². The molecule has 0 unspecified atom stereocenters. The fourth-order valence-corrected chi connectivity index (χ4v) is 2.43. The van der Waals surface area contributed by atoms with Crippen LogP contribution in [0.5, 0.6) is 0 Å². The van der Waals surface area contributed by atoms with Crippen molar-refractivity contribution in [2.45, 2.75) is 20.8 Å². The highest BCUT2D eigenvalue weighted by atomic mass is 79.9. The minimum atomic E-state index is -0.723. The highest BCUT2D eigenvalue weighted by Gasteiger charge is 2.24. The average molecular weight is 346 g/mol. The molecule has 0 aliphatic rings. The second-order valence-corrected chi connectivity index (χ2v) is 5.50. The summed E-state index contributed by atoms with van der Waals surface area (Å²) < 4.78 is 19.9. The first-order valence-electron chi connectivity index (χ1n) is 5.59. The Hall–Kier alpha value is -1.13. The van der Waals surface area contributed by atoms with Gasteiger partial charge in [-0.1, -0.05) is 11.6 Å². The zero-order chi connectivity index (χ0) is 14.3. The number of aryl methyl sites for hydroxylation is 2. The van der Waals surface area contributed by atoms with E-state index in [0.29, 0.717) is 21.6 Å². The molecule has 0 aliphatic heterocycles. The Balaban J connectivity index is 2.60. The van der Waals surface area contributed by atoms with Crippen molar-refractivity contribution in [3.8, 4) is 0 Å². The van der Waals surface area contributed by atoms with Gasteiger partial charge in [0.25, 0.3) is 0 Å². The van der Waals surface area contributed by atoms with E-state index in [1.54, 1.807) is 26.8 Å². The van der Waals surface area contributed by atoms with Crippen molar-refractivity contribution < 1.29 is 13.6 Å². The van der Waals surface area contributed by atoms with Gasteiger partial charge in [0, 0.05) is 10.0 Å². The molecule has 0 atom stereocenters. The van der Waals surface area contributed by atoms with E-state index in [2.05, 4.69) is 15.9 Å². The minimum absolute atomic E-state index is 0.0554. The summed E-state index contributed by atoms with van der Waals surface area (Å²) in [5.41, 5.74) is 1.07. The van der Waals surface area contributed by atoms with Crippen LogP contribution in [0.25, 0.3) is 0 Å². The van der Waals surface area contributed by atoms with Crippen LogP contribution >= 0.6 is 27.5 Å². The van der Waals surface area contributed by atoms with E-state index < -0.39 is 11.6 Å². The molecular formula is C14H11BrClFO2. The summed E-state index contributed by atoms with van der Waals surface area (Å²) in [6.45, 7) is 5.23. The van der Waals surface area contributed by atoms with E-state index in [-0.39, 0.29) is 10.6 Å². The smallest absolute Gasteiger partial charge is 0.199 e. The number of hydrogen-bond donors (Lipinski definition) is 0. The zero-order valence-corrected chi connectivity index (χ0v) is 12.9. The number of hydrogen-bond acceptors (Lipinski definition) is 2. The topological polar surface area (TPSA) is 30.2 Å². The summed E-state index contributed by atoms with van der Waals surface area (Å²) in [5.74, 6) is 0.000327. The third kappa shape index (κ3) is 2.35. The maximum absolute atomic E-state index is 14.1. The predicted octanol–water partition coefficient (Wildman–Crippen LogP) is 4.99. The fourth-order valence-electron chi connectivity index (χ4n) is 1.96. The van der Waals surface area contributed by atoms with Crippen molar-refractivity contribution in [2.75, 3.05) is 0 Å². The highest BCUT2D eigenvalue weighted by molar-refractivity contribution is 9.10. The zero-order valence-electron chi connectivity index (χ0n) is 10.6. The Morgan fingerprint density at radius 1 is 1.26 bits per heavy atom. The Morgan fingerprint density at radius 2 is 1.89 bits per heavy atom. The molecule has 0 radical (unpaired) electrons. The Morgan fingerprint density at radius 3 is 2.42 bits per heavy atom. The third-order valence-electron chi connectivity index (χ3n) is 3.07. The van der Waals surface area contributed by atoms with Gasteiger partial charge in [-0.25, -0.2) is 4.39 Å². The lowest BCUT2D eigenvalue weighted by atomic mass is 9.99. The Bertz CT molecular complexity index is 677. The summed E-state index contributed by atoms with van der Waals surface area (Å²) in [6.07, 6.45) is 0. The van der Waals surface area contributed by atoms with Gasteiger partial charge in [0.15, 0.2) is 11.6 Å². The first-order chi connectivity index (χ1) is 8.84. The summed E-state index contributed by atoms with van der Waals surface area (Å²) in [5, 5.41) is -0.0960. The van der Waals surface area contributed by atoms with Gasteiger partial charge in [0.1, 0.15) is 11.5 Å². The van der Waals surface area contributed by atoms with Gasteiger partial charge in [-0.3, -0.25) is 4.79 Å². The number of furan rings is 1. The van der Waals surface area contributed by atoms with Crippen LogP contribution in [0.3, 0.4) is 0 Å². The largest absolute Gasteiger partial charge is 0.466 e. The van der Waals surface area contributed by atoms with Gasteiger partial charge in [0.2, 0.25) is 0 Å². The van der Waals surface area contributed by atoms with E-state index in [0.717, 1.165) is 5.56 Å². The Kier molecular flexibility index (Phi) is 3.83. The van der Waals surface area contributed by atoms with Crippen LogP contribution in [0.1, 0.15) is 33.0 Å². The van der Waals surface area contributed by atoms with Crippen LogP contribution in [0.4, 0.5) is 4.39 Å². The second-order valence-electron chi connectivity index (χ2n) is 4.27. The van der Waals surface area contributed by atoms with Crippen LogP contribution in [0.15, 0.2) is 21.0 Å². The number of ketones is 1. The minimum Gasteiger partial charge on any atom is -0.466 e. The fraction of sp³-hybridized carbons (Fsp3) is 0.214. The normalized spacial score (nSPS) is 10.8. The number of rotatable bonds is 2. The first kappa shape index (κ1) is 14.3. The summed E-state index contributed by atoms with van der Waals surface area (Å²) in [7, 11) is 0. The van der Waals surface area contributed by atoms with Crippen molar-refractivity contribution in [1.82, 2.24) is 0 Å². The van der Waals surface area contributed by atoms with E-state index in [4.69, 9.17) is 16.0 Å². The first-order valence-corrected chi connectivity index (χ1v) is 6.76.